The molecule has 0 bridgehead atoms. The van der Waals surface area contributed by atoms with Crippen LogP contribution in [-0.4, -0.2) is 65.9 Å². The van der Waals surface area contributed by atoms with Gasteiger partial charge in [-0.1, -0.05) is 0 Å². The smallest absolute Gasteiger partial charge is 0.271 e. The zero-order valence-electron chi connectivity index (χ0n) is 15.6. The highest BCUT2D eigenvalue weighted by atomic mass is 32.2. The van der Waals surface area contributed by atoms with Gasteiger partial charge in [0.1, 0.15) is 11.8 Å². The lowest BCUT2D eigenvalue weighted by Gasteiger charge is -2.31. The van der Waals surface area contributed by atoms with E-state index in [-0.39, 0.29) is 17.3 Å². The molecule has 1 amide bonds. The Kier molecular flexibility index (Phi) is 4.96. The molecule has 0 unspecified atom stereocenters. The van der Waals surface area contributed by atoms with Crippen LogP contribution in [0.4, 0.5) is 5.69 Å². The fourth-order valence-electron chi connectivity index (χ4n) is 3.26. The summed E-state index contributed by atoms with van der Waals surface area (Å²) in [7, 11) is -1.73. The van der Waals surface area contributed by atoms with Gasteiger partial charge in [0.2, 0.25) is 15.9 Å². The number of carbonyl (C=O) groups excluding carboxylic acids is 1. The Morgan fingerprint density at radius 2 is 1.96 bits per heavy atom. The van der Waals surface area contributed by atoms with Crippen molar-refractivity contribution >= 4 is 21.6 Å². The van der Waals surface area contributed by atoms with E-state index in [9.17, 15) is 13.2 Å². The van der Waals surface area contributed by atoms with Gasteiger partial charge in [-0.25, -0.2) is 13.4 Å². The van der Waals surface area contributed by atoms with Crippen LogP contribution < -0.4 is 9.04 Å². The maximum atomic E-state index is 12.3. The number of amides is 1. The number of hydrogen-bond donors (Lipinski definition) is 1. The van der Waals surface area contributed by atoms with Crippen molar-refractivity contribution in [2.24, 2.45) is 0 Å². The number of sulfonamides is 1. The van der Waals surface area contributed by atoms with Gasteiger partial charge in [-0.3, -0.25) is 14.2 Å². The number of carbonyl (C=O) groups is 1. The molecular formula is C18H23N5O4S. The second-order valence-corrected chi connectivity index (χ2v) is 9.39. The molecule has 4 rings (SSSR count). The third-order valence-corrected chi connectivity index (χ3v) is 7.45. The number of pyridine rings is 1. The highest BCUT2D eigenvalue weighted by Gasteiger charge is 2.39. The zero-order chi connectivity index (χ0) is 19.7. The summed E-state index contributed by atoms with van der Waals surface area (Å²) in [6.45, 7) is 1.20. The lowest BCUT2D eigenvalue weighted by atomic mass is 10.1. The van der Waals surface area contributed by atoms with Gasteiger partial charge in [0, 0.05) is 45.2 Å². The molecule has 0 radical (unpaired) electrons. The first-order chi connectivity index (χ1) is 13.4. The lowest BCUT2D eigenvalue weighted by molar-refractivity contribution is 0.0582. The van der Waals surface area contributed by atoms with Crippen molar-refractivity contribution in [3.05, 3.63) is 36.3 Å². The number of H-pyrrole nitrogens is 1. The van der Waals surface area contributed by atoms with E-state index in [2.05, 4.69) is 15.2 Å². The summed E-state index contributed by atoms with van der Waals surface area (Å²) in [6.07, 6.45) is 5.92. The third kappa shape index (κ3) is 3.82. The van der Waals surface area contributed by atoms with E-state index in [0.717, 1.165) is 12.8 Å². The van der Waals surface area contributed by atoms with Crippen LogP contribution in [0.1, 0.15) is 36.2 Å². The van der Waals surface area contributed by atoms with Gasteiger partial charge in [-0.2, -0.15) is 5.10 Å². The van der Waals surface area contributed by atoms with E-state index in [1.54, 1.807) is 36.3 Å². The van der Waals surface area contributed by atoms with Gasteiger partial charge in [0.15, 0.2) is 0 Å². The van der Waals surface area contributed by atoms with Crippen LogP contribution in [0.3, 0.4) is 0 Å². The summed E-state index contributed by atoms with van der Waals surface area (Å²) in [4.78, 5) is 18.3. The topological polar surface area (TPSA) is 108 Å². The van der Waals surface area contributed by atoms with E-state index >= 15 is 0 Å². The summed E-state index contributed by atoms with van der Waals surface area (Å²) in [5, 5.41) is 6.24. The number of nitrogens with zero attached hydrogens (tertiary/aromatic N) is 4. The predicted molar refractivity (Wildman–Crippen MR) is 103 cm³/mol. The van der Waals surface area contributed by atoms with Gasteiger partial charge >= 0.3 is 0 Å². The highest BCUT2D eigenvalue weighted by Crippen LogP contribution is 2.32. The first kappa shape index (κ1) is 18.7. The molecule has 1 N–H and O–H groups in total. The van der Waals surface area contributed by atoms with Gasteiger partial charge in [-0.15, -0.1) is 0 Å². The van der Waals surface area contributed by atoms with Crippen molar-refractivity contribution in [2.45, 2.75) is 37.0 Å². The minimum absolute atomic E-state index is 0.0305. The molecule has 2 aromatic rings. The molecule has 28 heavy (non-hydrogen) atoms. The summed E-state index contributed by atoms with van der Waals surface area (Å²) < 4.78 is 31.8. The SMILES string of the molecule is CN(c1ccc(OC2CCN(C(=O)c3ccn[nH]3)CC2)nc1)S(=O)(=O)C1CC1. The van der Waals surface area contributed by atoms with Crippen molar-refractivity contribution in [2.75, 3.05) is 24.4 Å². The van der Waals surface area contributed by atoms with Crippen LogP contribution in [0.25, 0.3) is 0 Å². The second-order valence-electron chi connectivity index (χ2n) is 7.15. The summed E-state index contributed by atoms with van der Waals surface area (Å²) >= 11 is 0. The molecule has 1 saturated carbocycles. The molecule has 3 heterocycles. The van der Waals surface area contributed by atoms with E-state index in [0.29, 0.717) is 43.2 Å². The van der Waals surface area contributed by atoms with Crippen LogP contribution in [0.15, 0.2) is 30.6 Å². The van der Waals surface area contributed by atoms with Crippen molar-refractivity contribution in [1.82, 2.24) is 20.1 Å². The van der Waals surface area contributed by atoms with Crippen molar-refractivity contribution in [1.29, 1.82) is 0 Å². The average molecular weight is 405 g/mol. The number of ether oxygens (including phenoxy) is 1. The molecular weight excluding hydrogens is 382 g/mol. The number of aromatic nitrogens is 3. The molecule has 2 aromatic heterocycles. The number of piperidine rings is 1. The zero-order valence-corrected chi connectivity index (χ0v) is 16.4. The molecule has 0 spiro atoms. The minimum atomic E-state index is -3.28. The predicted octanol–water partition coefficient (Wildman–Crippen LogP) is 1.42. The van der Waals surface area contributed by atoms with E-state index in [4.69, 9.17) is 4.74 Å². The first-order valence-corrected chi connectivity index (χ1v) is 10.8. The Balaban J connectivity index is 1.31. The molecule has 2 fully saturated rings. The molecule has 1 aliphatic heterocycles. The maximum Gasteiger partial charge on any atom is 0.271 e. The Hall–Kier alpha value is -2.62. The molecule has 150 valence electrons. The Morgan fingerprint density at radius 3 is 2.54 bits per heavy atom. The average Bonchev–Trinajstić information content (AvgIpc) is 3.44. The number of rotatable bonds is 6. The van der Waals surface area contributed by atoms with Gasteiger partial charge in [-0.05, 0) is 25.0 Å². The fourth-order valence-corrected chi connectivity index (χ4v) is 4.84. The van der Waals surface area contributed by atoms with E-state index < -0.39 is 10.0 Å². The molecule has 1 aliphatic carbocycles. The van der Waals surface area contributed by atoms with E-state index in [1.807, 2.05) is 0 Å². The lowest BCUT2D eigenvalue weighted by Crippen LogP contribution is -2.42. The third-order valence-electron chi connectivity index (χ3n) is 5.16. The van der Waals surface area contributed by atoms with Gasteiger partial charge in [0.25, 0.3) is 5.91 Å². The van der Waals surface area contributed by atoms with Crippen LogP contribution in [0.5, 0.6) is 5.88 Å². The number of hydrogen-bond acceptors (Lipinski definition) is 6. The van der Waals surface area contributed by atoms with Crippen molar-refractivity contribution < 1.29 is 17.9 Å². The number of aromatic amines is 1. The maximum absolute atomic E-state index is 12.3. The Morgan fingerprint density at radius 1 is 1.21 bits per heavy atom. The highest BCUT2D eigenvalue weighted by molar-refractivity contribution is 7.93. The minimum Gasteiger partial charge on any atom is -0.474 e. The second kappa shape index (κ2) is 7.42. The molecule has 1 saturated heterocycles. The van der Waals surface area contributed by atoms with Crippen molar-refractivity contribution in [3.8, 4) is 5.88 Å². The monoisotopic (exact) mass is 405 g/mol. The molecule has 10 heteroatoms. The number of anilines is 1. The standard InChI is InChI=1S/C18H23N5O4S/c1-22(28(25,26)15-3-4-15)13-2-5-17(19-12-13)27-14-7-10-23(11-8-14)18(24)16-6-9-20-21-16/h2,5-6,9,12,14-15H,3-4,7-8,10-11H2,1H3,(H,20,21). The van der Waals surface area contributed by atoms with Crippen LogP contribution in [-0.2, 0) is 10.0 Å². The largest absolute Gasteiger partial charge is 0.474 e. The summed E-state index contributed by atoms with van der Waals surface area (Å²) in [5.74, 6) is 0.401. The van der Waals surface area contributed by atoms with Gasteiger partial charge < -0.3 is 9.64 Å². The molecule has 2 aliphatic rings. The molecule has 0 aromatic carbocycles. The van der Waals surface area contributed by atoms with Crippen LogP contribution in [0, 0.1) is 0 Å². The normalized spacial score (nSPS) is 18.1. The van der Waals surface area contributed by atoms with E-state index in [1.165, 1.54) is 10.5 Å². The van der Waals surface area contributed by atoms with Crippen LogP contribution in [0.2, 0.25) is 0 Å². The fraction of sp³-hybridized carbons (Fsp3) is 0.500. The Bertz CT molecular complexity index is 917. The molecule has 0 atom stereocenters. The van der Waals surface area contributed by atoms with Crippen molar-refractivity contribution in [3.63, 3.8) is 0 Å². The summed E-state index contributed by atoms with van der Waals surface area (Å²) in [5.41, 5.74) is 1.01. The van der Waals surface area contributed by atoms with Gasteiger partial charge in [0.05, 0.1) is 17.1 Å². The number of nitrogens with one attached hydrogen (secondary N) is 1. The first-order valence-electron chi connectivity index (χ1n) is 9.34. The Labute approximate surface area is 163 Å². The van der Waals surface area contributed by atoms with Crippen LogP contribution >= 0.6 is 0 Å². The summed E-state index contributed by atoms with van der Waals surface area (Å²) in [6, 6.07) is 5.06. The number of likely N-dealkylation sites (tertiary alicyclic amines) is 1. The molecule has 9 nitrogen and oxygen atoms in total. The quantitative estimate of drug-likeness (QED) is 0.779.